The molecule has 2 atom stereocenters. The first-order valence-electron chi connectivity index (χ1n) is 15.0. The van der Waals surface area contributed by atoms with Gasteiger partial charge in [-0.15, -0.1) is 0 Å². The normalized spacial score (nSPS) is 17.3. The van der Waals surface area contributed by atoms with Crippen molar-refractivity contribution in [1.82, 2.24) is 5.32 Å². The van der Waals surface area contributed by atoms with Crippen LogP contribution in [-0.2, 0) is 32.2 Å². The highest BCUT2D eigenvalue weighted by Gasteiger charge is 2.53. The summed E-state index contributed by atoms with van der Waals surface area (Å²) in [6.07, 6.45) is -0.733. The van der Waals surface area contributed by atoms with E-state index < -0.39 is 34.9 Å². The lowest BCUT2D eigenvalue weighted by Gasteiger charge is -2.32. The average Bonchev–Trinajstić information content (AvgIpc) is 3.43. The second kappa shape index (κ2) is 15.4. The Morgan fingerprint density at radius 2 is 1.83 bits per heavy atom. The fourth-order valence-electron chi connectivity index (χ4n) is 5.01. The molecule has 3 aromatic carbocycles. The second-order valence-electron chi connectivity index (χ2n) is 11.8. The molecule has 0 saturated carbocycles. The van der Waals surface area contributed by atoms with Crippen molar-refractivity contribution in [3.8, 4) is 5.75 Å². The van der Waals surface area contributed by atoms with Gasteiger partial charge in [0.25, 0.3) is 5.91 Å². The van der Waals surface area contributed by atoms with E-state index in [1.807, 2.05) is 0 Å². The Hall–Kier alpha value is -4.93. The molecule has 1 aliphatic rings. The van der Waals surface area contributed by atoms with Crippen molar-refractivity contribution in [2.45, 2.75) is 70.4 Å². The highest BCUT2D eigenvalue weighted by molar-refractivity contribution is 6.01. The van der Waals surface area contributed by atoms with Crippen molar-refractivity contribution in [2.75, 3.05) is 13.2 Å². The van der Waals surface area contributed by atoms with Crippen molar-refractivity contribution in [3.63, 3.8) is 0 Å². The summed E-state index contributed by atoms with van der Waals surface area (Å²) in [4.78, 5) is 35.1. The van der Waals surface area contributed by atoms with Gasteiger partial charge in [-0.25, -0.2) is 9.38 Å². The van der Waals surface area contributed by atoms with Crippen molar-refractivity contribution in [1.29, 1.82) is 0 Å². The van der Waals surface area contributed by atoms with Gasteiger partial charge in [0.05, 0.1) is 13.2 Å². The van der Waals surface area contributed by atoms with Gasteiger partial charge in [-0.2, -0.15) is 0 Å². The molecule has 0 aromatic heterocycles. The van der Waals surface area contributed by atoms with Gasteiger partial charge < -0.3 is 24.6 Å². The summed E-state index contributed by atoms with van der Waals surface area (Å²) >= 11 is 0. The van der Waals surface area contributed by atoms with Crippen molar-refractivity contribution in [2.24, 2.45) is 10.1 Å². The van der Waals surface area contributed by atoms with Crippen LogP contribution < -0.4 is 10.1 Å². The third kappa shape index (κ3) is 8.83. The van der Waals surface area contributed by atoms with Crippen LogP contribution in [0.15, 0.2) is 82.9 Å². The van der Waals surface area contributed by atoms with E-state index in [4.69, 9.17) is 29.8 Å². The number of rotatable bonds is 14. The molecule has 0 fully saturated rings. The van der Waals surface area contributed by atoms with Gasteiger partial charge in [0.15, 0.2) is 11.6 Å². The molecule has 0 aliphatic carbocycles. The average molecular weight is 632 g/mol. The molecule has 3 aromatic rings. The summed E-state index contributed by atoms with van der Waals surface area (Å²) < 4.78 is 31.3. The van der Waals surface area contributed by atoms with Gasteiger partial charge >= 0.3 is 5.97 Å². The molecule has 242 valence electrons. The highest BCUT2D eigenvalue weighted by Crippen LogP contribution is 2.44. The number of ether oxygens (including phenoxy) is 3. The molecule has 1 heterocycles. The SMILES string of the molecule is CC(C)(C)OC(=O)CC[C@@]1(C(=O)NCc2ccc(F)cc2)N=C(c2ccc(OCCCO)cc2)O[C@@H]1c1ccccc1CN=[N+]=[N-]. The molecule has 0 radical (unpaired) electrons. The first kappa shape index (κ1) is 34.0. The van der Waals surface area contributed by atoms with E-state index in [2.05, 4.69) is 15.3 Å². The number of nitrogens with zero attached hydrogens (tertiary/aromatic N) is 4. The van der Waals surface area contributed by atoms with E-state index in [1.54, 1.807) is 81.4 Å². The first-order chi connectivity index (χ1) is 22.0. The summed E-state index contributed by atoms with van der Waals surface area (Å²) in [5, 5.41) is 15.7. The van der Waals surface area contributed by atoms with Crippen LogP contribution in [-0.4, -0.2) is 47.2 Å². The van der Waals surface area contributed by atoms with Gasteiger partial charge in [-0.3, -0.25) is 9.59 Å². The summed E-state index contributed by atoms with van der Waals surface area (Å²) in [5.74, 6) is -0.661. The zero-order chi connectivity index (χ0) is 33.2. The molecule has 0 spiro atoms. The van der Waals surface area contributed by atoms with Crippen LogP contribution in [0.2, 0.25) is 0 Å². The Kier molecular flexibility index (Phi) is 11.3. The number of benzene rings is 3. The standard InChI is InChI=1S/C34H38FN5O6/c1-33(2,3)46-29(42)17-18-34(32(43)37-21-23-9-13-26(35)14-10-23)30(28-8-5-4-7-25(28)22-38-40-36)45-31(39-34)24-11-15-27(16-12-24)44-20-6-19-41/h4-5,7-16,30,41H,6,17-22H2,1-3H3,(H,37,43)/t30-,34-/m1/s1. The number of aliphatic hydroxyl groups is 1. The summed E-state index contributed by atoms with van der Waals surface area (Å²) in [5.41, 5.74) is 9.08. The number of carbonyl (C=O) groups is 2. The molecular weight excluding hydrogens is 593 g/mol. The number of azide groups is 1. The quantitative estimate of drug-likeness (QED) is 0.0721. The van der Waals surface area contributed by atoms with Gasteiger partial charge in [0, 0.05) is 36.5 Å². The fraction of sp³-hybridized carbons (Fsp3) is 0.382. The number of halogens is 1. The minimum absolute atomic E-state index is 0.00108. The Labute approximate surface area is 267 Å². The molecule has 12 heteroatoms. The third-order valence-corrected chi connectivity index (χ3v) is 7.17. The zero-order valence-electron chi connectivity index (χ0n) is 26.1. The topological polar surface area (TPSA) is 155 Å². The van der Waals surface area contributed by atoms with E-state index in [0.717, 1.165) is 0 Å². The van der Waals surface area contributed by atoms with Crippen LogP contribution in [0.4, 0.5) is 4.39 Å². The summed E-state index contributed by atoms with van der Waals surface area (Å²) in [7, 11) is 0. The maximum absolute atomic E-state index is 14.3. The smallest absolute Gasteiger partial charge is 0.306 e. The number of nitrogens with one attached hydrogen (secondary N) is 1. The van der Waals surface area contributed by atoms with Crippen LogP contribution in [0.3, 0.4) is 0 Å². The van der Waals surface area contributed by atoms with E-state index in [9.17, 15) is 14.0 Å². The lowest BCUT2D eigenvalue weighted by Crippen LogP contribution is -2.48. The Morgan fingerprint density at radius 1 is 1.11 bits per heavy atom. The number of esters is 1. The Bertz CT molecular complexity index is 1580. The van der Waals surface area contributed by atoms with Crippen molar-refractivity contribution >= 4 is 17.8 Å². The minimum atomic E-state index is -1.64. The Morgan fingerprint density at radius 3 is 2.50 bits per heavy atom. The van der Waals surface area contributed by atoms with Crippen LogP contribution in [0.25, 0.3) is 10.4 Å². The molecule has 11 nitrogen and oxygen atoms in total. The first-order valence-corrected chi connectivity index (χ1v) is 15.0. The van der Waals surface area contributed by atoms with E-state index in [-0.39, 0.29) is 38.4 Å². The van der Waals surface area contributed by atoms with Crippen LogP contribution >= 0.6 is 0 Å². The van der Waals surface area contributed by atoms with Gasteiger partial charge in [-0.1, -0.05) is 41.5 Å². The molecule has 2 N–H and O–H groups in total. The van der Waals surface area contributed by atoms with E-state index >= 15 is 0 Å². The number of carbonyl (C=O) groups excluding carboxylic acids is 2. The van der Waals surface area contributed by atoms with E-state index in [1.165, 1.54) is 12.1 Å². The lowest BCUT2D eigenvalue weighted by atomic mass is 9.81. The molecule has 46 heavy (non-hydrogen) atoms. The van der Waals surface area contributed by atoms with Crippen molar-refractivity contribution in [3.05, 3.63) is 111 Å². The molecule has 0 bridgehead atoms. The number of aliphatic imine (C=N–C) groups is 1. The molecule has 1 aliphatic heterocycles. The van der Waals surface area contributed by atoms with Crippen molar-refractivity contribution < 1.29 is 33.3 Å². The van der Waals surface area contributed by atoms with E-state index in [0.29, 0.717) is 41.0 Å². The lowest BCUT2D eigenvalue weighted by molar-refractivity contribution is -0.155. The maximum Gasteiger partial charge on any atom is 0.306 e. The second-order valence-corrected chi connectivity index (χ2v) is 11.8. The number of hydrogen-bond acceptors (Lipinski definition) is 8. The molecule has 4 rings (SSSR count). The molecule has 1 amide bonds. The number of aliphatic hydroxyl groups excluding tert-OH is 1. The molecule has 0 saturated heterocycles. The maximum atomic E-state index is 14.3. The Balaban J connectivity index is 1.77. The van der Waals surface area contributed by atoms with Crippen LogP contribution in [0.5, 0.6) is 5.75 Å². The predicted octanol–water partition coefficient (Wildman–Crippen LogP) is 6.09. The molecule has 0 unspecified atom stereocenters. The predicted molar refractivity (Wildman–Crippen MR) is 169 cm³/mol. The zero-order valence-corrected chi connectivity index (χ0v) is 26.1. The van der Waals surface area contributed by atoms with Crippen LogP contribution in [0, 0.1) is 5.82 Å². The minimum Gasteiger partial charge on any atom is -0.494 e. The third-order valence-electron chi connectivity index (χ3n) is 7.17. The van der Waals surface area contributed by atoms with Crippen LogP contribution in [0.1, 0.15) is 68.4 Å². The number of hydrogen-bond donors (Lipinski definition) is 2. The number of amides is 1. The summed E-state index contributed by atoms with van der Waals surface area (Å²) in [6.45, 7) is 5.72. The van der Waals surface area contributed by atoms with Gasteiger partial charge in [0.1, 0.15) is 17.2 Å². The molecular formula is C34H38FN5O6. The highest BCUT2D eigenvalue weighted by atomic mass is 19.1. The van der Waals surface area contributed by atoms with Gasteiger partial charge in [-0.05, 0) is 85.8 Å². The summed E-state index contributed by atoms with van der Waals surface area (Å²) in [6, 6.07) is 19.8. The fourth-order valence-corrected chi connectivity index (χ4v) is 5.01. The largest absolute Gasteiger partial charge is 0.494 e. The van der Waals surface area contributed by atoms with Gasteiger partial charge in [0.2, 0.25) is 5.90 Å². The monoisotopic (exact) mass is 631 g/mol.